The van der Waals surface area contributed by atoms with Crippen molar-refractivity contribution in [3.05, 3.63) is 52.3 Å². The van der Waals surface area contributed by atoms with E-state index in [1.54, 1.807) is 6.07 Å². The first-order valence-corrected chi connectivity index (χ1v) is 7.67. The molecule has 19 heavy (non-hydrogen) atoms. The summed E-state index contributed by atoms with van der Waals surface area (Å²) < 4.78 is 24.6. The Kier molecular flexibility index (Phi) is 3.99. The number of halogens is 2. The molecular formula is C12H10Cl2N2O2S. The molecule has 0 fully saturated rings. The molecule has 1 heterocycles. The van der Waals surface area contributed by atoms with Crippen molar-refractivity contribution in [1.29, 1.82) is 0 Å². The summed E-state index contributed by atoms with van der Waals surface area (Å²) >= 11 is 11.7. The van der Waals surface area contributed by atoms with Gasteiger partial charge in [0.05, 0.1) is 21.4 Å². The topological polar surface area (TPSA) is 73.1 Å². The van der Waals surface area contributed by atoms with E-state index in [4.69, 9.17) is 28.9 Å². The number of nitrogens with zero attached hydrogens (tertiary/aromatic N) is 1. The molecule has 0 aliphatic heterocycles. The molecule has 0 saturated heterocycles. The highest BCUT2D eigenvalue weighted by Gasteiger charge is 2.20. The van der Waals surface area contributed by atoms with Crippen LogP contribution in [0.15, 0.2) is 41.6 Å². The van der Waals surface area contributed by atoms with Gasteiger partial charge in [-0.05, 0) is 29.8 Å². The third-order valence-corrected chi connectivity index (χ3v) is 4.80. The summed E-state index contributed by atoms with van der Waals surface area (Å²) in [7, 11) is -3.61. The van der Waals surface area contributed by atoms with Crippen molar-refractivity contribution in [2.24, 2.45) is 0 Å². The molecule has 1 aromatic heterocycles. The Hall–Kier alpha value is -1.30. The number of benzene rings is 1. The molecule has 2 N–H and O–H groups in total. The van der Waals surface area contributed by atoms with Crippen LogP contribution in [0.1, 0.15) is 5.56 Å². The molecule has 2 rings (SSSR count). The highest BCUT2D eigenvalue weighted by atomic mass is 35.5. The summed E-state index contributed by atoms with van der Waals surface area (Å²) in [4.78, 5) is 3.81. The fourth-order valence-corrected chi connectivity index (χ4v) is 3.63. The number of hydrogen-bond acceptors (Lipinski definition) is 4. The lowest BCUT2D eigenvalue weighted by Gasteiger charge is -2.09. The Morgan fingerprint density at radius 2 is 1.95 bits per heavy atom. The van der Waals surface area contributed by atoms with Crippen LogP contribution in [0.2, 0.25) is 10.0 Å². The monoisotopic (exact) mass is 316 g/mol. The second-order valence-electron chi connectivity index (χ2n) is 3.91. The molecule has 0 unspecified atom stereocenters. The zero-order valence-electron chi connectivity index (χ0n) is 9.68. The third kappa shape index (κ3) is 3.18. The normalized spacial score (nSPS) is 11.5. The van der Waals surface area contributed by atoms with Gasteiger partial charge in [-0.2, -0.15) is 0 Å². The molecule has 100 valence electrons. The van der Waals surface area contributed by atoms with Crippen LogP contribution in [0, 0.1) is 0 Å². The lowest BCUT2D eigenvalue weighted by atomic mass is 10.3. The van der Waals surface area contributed by atoms with Gasteiger partial charge in [-0.3, -0.25) is 4.98 Å². The zero-order valence-corrected chi connectivity index (χ0v) is 12.0. The Morgan fingerprint density at radius 3 is 2.63 bits per heavy atom. The van der Waals surface area contributed by atoms with E-state index in [9.17, 15) is 8.42 Å². The first kappa shape index (κ1) is 14.1. The molecule has 0 radical (unpaired) electrons. The van der Waals surface area contributed by atoms with Gasteiger partial charge in [0.2, 0.25) is 0 Å². The van der Waals surface area contributed by atoms with Gasteiger partial charge in [0.1, 0.15) is 0 Å². The fourth-order valence-electron chi connectivity index (χ4n) is 1.58. The van der Waals surface area contributed by atoms with Crippen molar-refractivity contribution in [1.82, 2.24) is 4.98 Å². The summed E-state index contributed by atoms with van der Waals surface area (Å²) in [5.41, 5.74) is 6.31. The van der Waals surface area contributed by atoms with Crippen LogP contribution in [0.25, 0.3) is 0 Å². The molecule has 2 aromatic rings. The van der Waals surface area contributed by atoms with Crippen molar-refractivity contribution in [3.63, 3.8) is 0 Å². The van der Waals surface area contributed by atoms with E-state index < -0.39 is 9.84 Å². The van der Waals surface area contributed by atoms with Crippen molar-refractivity contribution in [3.8, 4) is 0 Å². The molecule has 0 aliphatic carbocycles. The summed E-state index contributed by atoms with van der Waals surface area (Å²) in [6, 6.07) is 5.89. The van der Waals surface area contributed by atoms with Gasteiger partial charge in [0.25, 0.3) is 0 Å². The Bertz CT molecular complexity index is 717. The maximum Gasteiger partial charge on any atom is 0.184 e. The molecular weight excluding hydrogens is 307 g/mol. The Labute approximate surface area is 121 Å². The summed E-state index contributed by atoms with van der Waals surface area (Å²) in [6.45, 7) is 0. The van der Waals surface area contributed by atoms with Crippen molar-refractivity contribution in [2.75, 3.05) is 5.73 Å². The molecule has 0 aliphatic rings. The third-order valence-electron chi connectivity index (χ3n) is 2.51. The van der Waals surface area contributed by atoms with Crippen molar-refractivity contribution in [2.45, 2.75) is 10.6 Å². The molecule has 1 aromatic carbocycles. The SMILES string of the molecule is Nc1ccc(Cl)cc1S(=O)(=O)Cc1ccncc1Cl. The molecule has 0 atom stereocenters. The lowest BCUT2D eigenvalue weighted by Crippen LogP contribution is -2.08. The van der Waals surface area contributed by atoms with Crippen LogP contribution in [0.4, 0.5) is 5.69 Å². The first-order chi connectivity index (χ1) is 8.90. The van der Waals surface area contributed by atoms with Crippen LogP contribution in [-0.2, 0) is 15.6 Å². The minimum atomic E-state index is -3.61. The smallest absolute Gasteiger partial charge is 0.184 e. The van der Waals surface area contributed by atoms with E-state index in [0.717, 1.165) is 0 Å². The molecule has 4 nitrogen and oxygen atoms in total. The lowest BCUT2D eigenvalue weighted by molar-refractivity contribution is 0.595. The largest absolute Gasteiger partial charge is 0.398 e. The van der Waals surface area contributed by atoms with Gasteiger partial charge < -0.3 is 5.73 Å². The molecule has 0 bridgehead atoms. The van der Waals surface area contributed by atoms with E-state index in [-0.39, 0.29) is 16.3 Å². The van der Waals surface area contributed by atoms with Crippen LogP contribution >= 0.6 is 23.2 Å². The van der Waals surface area contributed by atoms with E-state index >= 15 is 0 Å². The second kappa shape index (κ2) is 5.36. The summed E-state index contributed by atoms with van der Waals surface area (Å²) in [6.07, 6.45) is 2.88. The molecule has 7 heteroatoms. The van der Waals surface area contributed by atoms with Crippen LogP contribution in [0.5, 0.6) is 0 Å². The van der Waals surface area contributed by atoms with Gasteiger partial charge in [0, 0.05) is 17.4 Å². The van der Waals surface area contributed by atoms with E-state index in [1.807, 2.05) is 0 Å². The molecule has 0 saturated carbocycles. The Balaban J connectivity index is 2.44. The van der Waals surface area contributed by atoms with Gasteiger partial charge >= 0.3 is 0 Å². The van der Waals surface area contributed by atoms with Gasteiger partial charge in [-0.25, -0.2) is 8.42 Å². The highest BCUT2D eigenvalue weighted by molar-refractivity contribution is 7.90. The number of nitrogens with two attached hydrogens (primary N) is 1. The zero-order chi connectivity index (χ0) is 14.0. The van der Waals surface area contributed by atoms with Crippen molar-refractivity contribution < 1.29 is 8.42 Å². The summed E-state index contributed by atoms with van der Waals surface area (Å²) in [5, 5.41) is 0.611. The van der Waals surface area contributed by atoms with E-state index in [1.165, 1.54) is 30.6 Å². The first-order valence-electron chi connectivity index (χ1n) is 5.26. The van der Waals surface area contributed by atoms with Crippen LogP contribution in [-0.4, -0.2) is 13.4 Å². The van der Waals surface area contributed by atoms with Crippen molar-refractivity contribution >= 4 is 38.7 Å². The average molecular weight is 317 g/mol. The summed E-state index contributed by atoms with van der Waals surface area (Å²) in [5.74, 6) is -0.251. The number of sulfone groups is 1. The quantitative estimate of drug-likeness (QED) is 0.883. The molecule has 0 spiro atoms. The highest BCUT2D eigenvalue weighted by Crippen LogP contribution is 2.27. The van der Waals surface area contributed by atoms with Gasteiger partial charge in [0.15, 0.2) is 9.84 Å². The van der Waals surface area contributed by atoms with E-state index in [0.29, 0.717) is 15.6 Å². The number of hydrogen-bond donors (Lipinski definition) is 1. The number of rotatable bonds is 3. The maximum absolute atomic E-state index is 12.3. The average Bonchev–Trinajstić information content (AvgIpc) is 2.35. The van der Waals surface area contributed by atoms with E-state index in [2.05, 4.69) is 4.98 Å². The fraction of sp³-hybridized carbons (Fsp3) is 0.0833. The predicted molar refractivity (Wildman–Crippen MR) is 76.0 cm³/mol. The van der Waals surface area contributed by atoms with Gasteiger partial charge in [-0.15, -0.1) is 0 Å². The second-order valence-corrected chi connectivity index (χ2v) is 6.71. The molecule has 0 amide bonds. The van der Waals surface area contributed by atoms with Crippen LogP contribution in [0.3, 0.4) is 0 Å². The number of nitrogen functional groups attached to an aromatic ring is 1. The number of pyridine rings is 1. The van der Waals surface area contributed by atoms with Crippen LogP contribution < -0.4 is 5.73 Å². The predicted octanol–water partition coefficient (Wildman–Crippen LogP) is 2.94. The van der Waals surface area contributed by atoms with Gasteiger partial charge in [-0.1, -0.05) is 23.2 Å². The Morgan fingerprint density at radius 1 is 1.21 bits per heavy atom. The maximum atomic E-state index is 12.3. The number of anilines is 1. The number of aromatic nitrogens is 1. The standard InChI is InChI=1S/C12H10Cl2N2O2S/c13-9-1-2-11(15)12(5-9)19(17,18)7-8-3-4-16-6-10(8)14/h1-6H,7,15H2. The minimum Gasteiger partial charge on any atom is -0.398 e. The minimum absolute atomic E-state index is 0.00730.